The number of nitrogens with zero attached hydrogens (tertiary/aromatic N) is 4. The van der Waals surface area contributed by atoms with Crippen LogP contribution in [0, 0.1) is 0 Å². The fraction of sp³-hybridized carbons (Fsp3) is 0.176. The van der Waals surface area contributed by atoms with Gasteiger partial charge < -0.3 is 14.6 Å². The molecule has 0 saturated heterocycles. The summed E-state index contributed by atoms with van der Waals surface area (Å²) in [5.41, 5.74) is 0.267. The van der Waals surface area contributed by atoms with Crippen LogP contribution < -0.4 is 15.8 Å². The minimum absolute atomic E-state index is 0.185. The highest BCUT2D eigenvalue weighted by molar-refractivity contribution is 5.91. The Morgan fingerprint density at radius 3 is 2.72 bits per heavy atom. The zero-order chi connectivity index (χ0) is 17.2. The zero-order valence-electron chi connectivity index (χ0n) is 13.3. The molecule has 1 aromatic carbocycles. The lowest BCUT2D eigenvalue weighted by atomic mass is 10.3. The molecular weight excluding hydrogens is 322 g/mol. The van der Waals surface area contributed by atoms with E-state index in [1.54, 1.807) is 12.1 Å². The van der Waals surface area contributed by atoms with E-state index >= 15 is 0 Å². The normalized spacial score (nSPS) is 12.9. The molecule has 3 aromatic rings. The van der Waals surface area contributed by atoms with Crippen molar-refractivity contribution in [3.63, 3.8) is 0 Å². The van der Waals surface area contributed by atoms with Crippen LogP contribution in [0.4, 0.5) is 11.6 Å². The van der Waals surface area contributed by atoms with Gasteiger partial charge in [0, 0.05) is 18.8 Å². The first kappa shape index (κ1) is 15.1. The maximum absolute atomic E-state index is 12.6. The summed E-state index contributed by atoms with van der Waals surface area (Å²) in [6, 6.07) is 13.1. The standard InChI is InChI=1S/C17H15N5O3/c23-15(18-11-13-7-4-10-25-13)14-16(24)22-9-8-21(17(22)20-19-14)12-5-2-1-3-6-12/h1-7,10H,8-9,11H2,(H,18,23). The van der Waals surface area contributed by atoms with Crippen LogP contribution >= 0.6 is 0 Å². The summed E-state index contributed by atoms with van der Waals surface area (Å²) in [4.78, 5) is 26.7. The van der Waals surface area contributed by atoms with Gasteiger partial charge in [-0.25, -0.2) is 0 Å². The molecule has 1 aliphatic rings. The number of rotatable bonds is 4. The number of hydrogen-bond donors (Lipinski definition) is 1. The molecule has 0 aliphatic carbocycles. The van der Waals surface area contributed by atoms with Crippen molar-refractivity contribution >= 4 is 17.5 Å². The molecule has 3 heterocycles. The van der Waals surface area contributed by atoms with Gasteiger partial charge in [-0.1, -0.05) is 18.2 Å². The van der Waals surface area contributed by atoms with Crippen molar-refractivity contribution in [2.75, 3.05) is 11.4 Å². The Labute approximate surface area is 142 Å². The predicted molar refractivity (Wildman–Crippen MR) is 89.6 cm³/mol. The van der Waals surface area contributed by atoms with Gasteiger partial charge in [0.15, 0.2) is 0 Å². The van der Waals surface area contributed by atoms with Gasteiger partial charge in [-0.2, -0.15) is 0 Å². The van der Waals surface area contributed by atoms with Crippen molar-refractivity contribution in [2.24, 2.45) is 0 Å². The summed E-state index contributed by atoms with van der Waals surface area (Å²) in [6.45, 7) is 1.24. The van der Waals surface area contributed by atoms with E-state index in [0.29, 0.717) is 24.8 Å². The third kappa shape index (κ3) is 2.78. The van der Waals surface area contributed by atoms with E-state index in [2.05, 4.69) is 15.5 Å². The highest BCUT2D eigenvalue weighted by Gasteiger charge is 2.27. The number of carbonyl (C=O) groups is 1. The van der Waals surface area contributed by atoms with E-state index in [0.717, 1.165) is 5.69 Å². The van der Waals surface area contributed by atoms with Crippen LogP contribution in [0.1, 0.15) is 16.2 Å². The Morgan fingerprint density at radius 1 is 1.12 bits per heavy atom. The SMILES string of the molecule is O=C(NCc1ccco1)c1nnc2n(c1=O)CCN2c1ccccc1. The van der Waals surface area contributed by atoms with Crippen LogP contribution in [0.15, 0.2) is 57.9 Å². The second kappa shape index (κ2) is 6.23. The summed E-state index contributed by atoms with van der Waals surface area (Å²) in [5, 5.41) is 10.6. The van der Waals surface area contributed by atoms with Crippen LogP contribution in [-0.2, 0) is 13.1 Å². The Hall–Kier alpha value is -3.42. The topological polar surface area (TPSA) is 93.3 Å². The highest BCUT2D eigenvalue weighted by atomic mass is 16.3. The van der Waals surface area contributed by atoms with Gasteiger partial charge in [-0.05, 0) is 24.3 Å². The molecule has 8 nitrogen and oxygen atoms in total. The molecule has 1 N–H and O–H groups in total. The number of benzene rings is 1. The lowest BCUT2D eigenvalue weighted by Crippen LogP contribution is -2.34. The van der Waals surface area contributed by atoms with Crippen molar-refractivity contribution in [1.82, 2.24) is 20.1 Å². The van der Waals surface area contributed by atoms with E-state index in [-0.39, 0.29) is 12.2 Å². The van der Waals surface area contributed by atoms with E-state index < -0.39 is 11.5 Å². The monoisotopic (exact) mass is 337 g/mol. The molecule has 0 radical (unpaired) electrons. The minimum Gasteiger partial charge on any atom is -0.467 e. The number of amides is 1. The van der Waals surface area contributed by atoms with E-state index in [4.69, 9.17) is 4.42 Å². The fourth-order valence-electron chi connectivity index (χ4n) is 2.77. The highest BCUT2D eigenvalue weighted by Crippen LogP contribution is 2.25. The van der Waals surface area contributed by atoms with Crippen molar-refractivity contribution in [1.29, 1.82) is 0 Å². The van der Waals surface area contributed by atoms with Crippen LogP contribution in [0.25, 0.3) is 0 Å². The summed E-state index contributed by atoms with van der Waals surface area (Å²) >= 11 is 0. The molecule has 1 amide bonds. The number of anilines is 2. The molecule has 126 valence electrons. The summed E-state index contributed by atoms with van der Waals surface area (Å²) in [7, 11) is 0. The lowest BCUT2D eigenvalue weighted by Gasteiger charge is -2.16. The second-order valence-electron chi connectivity index (χ2n) is 5.55. The third-order valence-electron chi connectivity index (χ3n) is 4.00. The van der Waals surface area contributed by atoms with Gasteiger partial charge in [0.2, 0.25) is 11.6 Å². The van der Waals surface area contributed by atoms with Gasteiger partial charge in [0.1, 0.15) is 5.76 Å². The first-order valence-corrected chi connectivity index (χ1v) is 7.85. The molecule has 1 aliphatic heterocycles. The van der Waals surface area contributed by atoms with E-state index in [9.17, 15) is 9.59 Å². The Balaban J connectivity index is 1.59. The number of para-hydroxylation sites is 1. The number of carbonyl (C=O) groups excluding carboxylic acids is 1. The van der Waals surface area contributed by atoms with E-state index in [1.165, 1.54) is 10.8 Å². The zero-order valence-corrected chi connectivity index (χ0v) is 13.3. The maximum atomic E-state index is 12.6. The quantitative estimate of drug-likeness (QED) is 0.772. The van der Waals surface area contributed by atoms with Crippen LogP contribution in [-0.4, -0.2) is 27.2 Å². The second-order valence-corrected chi connectivity index (χ2v) is 5.55. The van der Waals surface area contributed by atoms with Crippen LogP contribution in [0.5, 0.6) is 0 Å². The molecule has 25 heavy (non-hydrogen) atoms. The first-order chi connectivity index (χ1) is 12.2. The van der Waals surface area contributed by atoms with Gasteiger partial charge in [0.05, 0.1) is 12.8 Å². The molecule has 0 spiro atoms. The van der Waals surface area contributed by atoms with Crippen molar-refractivity contribution in [3.05, 3.63) is 70.5 Å². The average molecular weight is 337 g/mol. The molecular formula is C17H15N5O3. The predicted octanol–water partition coefficient (Wildman–Crippen LogP) is 1.31. The molecule has 0 atom stereocenters. The van der Waals surface area contributed by atoms with Gasteiger partial charge in [0.25, 0.3) is 11.5 Å². The fourth-order valence-corrected chi connectivity index (χ4v) is 2.77. The lowest BCUT2D eigenvalue weighted by molar-refractivity contribution is 0.0939. The number of aromatic nitrogens is 3. The smallest absolute Gasteiger partial charge is 0.286 e. The molecule has 0 fully saturated rings. The first-order valence-electron chi connectivity index (χ1n) is 7.85. The molecule has 2 aromatic heterocycles. The molecule has 8 heteroatoms. The summed E-state index contributed by atoms with van der Waals surface area (Å²) < 4.78 is 6.62. The molecule has 0 bridgehead atoms. The van der Waals surface area contributed by atoms with E-state index in [1.807, 2.05) is 35.2 Å². The molecule has 4 rings (SSSR count). The number of furan rings is 1. The Morgan fingerprint density at radius 2 is 1.96 bits per heavy atom. The Kier molecular flexibility index (Phi) is 3.77. The van der Waals surface area contributed by atoms with Crippen molar-refractivity contribution < 1.29 is 9.21 Å². The summed E-state index contributed by atoms with van der Waals surface area (Å²) in [5.74, 6) is 0.471. The minimum atomic E-state index is -0.567. The van der Waals surface area contributed by atoms with Gasteiger partial charge in [-0.3, -0.25) is 14.2 Å². The number of hydrogen-bond acceptors (Lipinski definition) is 6. The summed E-state index contributed by atoms with van der Waals surface area (Å²) in [6.07, 6.45) is 1.52. The number of nitrogens with one attached hydrogen (secondary N) is 1. The molecule has 0 saturated carbocycles. The van der Waals surface area contributed by atoms with Crippen molar-refractivity contribution in [2.45, 2.75) is 13.1 Å². The maximum Gasteiger partial charge on any atom is 0.286 e. The molecule has 0 unspecified atom stereocenters. The Bertz CT molecular complexity index is 950. The van der Waals surface area contributed by atoms with Gasteiger partial charge >= 0.3 is 0 Å². The number of fused-ring (bicyclic) bond motifs is 1. The van der Waals surface area contributed by atoms with Crippen LogP contribution in [0.2, 0.25) is 0 Å². The van der Waals surface area contributed by atoms with Crippen molar-refractivity contribution in [3.8, 4) is 0 Å². The third-order valence-corrected chi connectivity index (χ3v) is 4.00. The van der Waals surface area contributed by atoms with Crippen LogP contribution in [0.3, 0.4) is 0 Å². The largest absolute Gasteiger partial charge is 0.467 e. The average Bonchev–Trinajstić information content (AvgIpc) is 3.31. The van der Waals surface area contributed by atoms with Gasteiger partial charge in [-0.15, -0.1) is 10.2 Å².